The van der Waals surface area contributed by atoms with E-state index in [4.69, 9.17) is 0 Å². The molecule has 1 aromatic heterocycles. The van der Waals surface area contributed by atoms with Crippen LogP contribution in [0.1, 0.15) is 24.8 Å². The van der Waals surface area contributed by atoms with E-state index in [1.165, 1.54) is 0 Å². The van der Waals surface area contributed by atoms with Gasteiger partial charge in [0.25, 0.3) is 0 Å². The lowest BCUT2D eigenvalue weighted by molar-refractivity contribution is -0.129. The van der Waals surface area contributed by atoms with E-state index in [1.54, 1.807) is 19.0 Å². The third-order valence-electron chi connectivity index (χ3n) is 4.20. The summed E-state index contributed by atoms with van der Waals surface area (Å²) in [4.78, 5) is 27.4. The van der Waals surface area contributed by atoms with Crippen molar-refractivity contribution in [2.24, 2.45) is 13.0 Å². The first-order valence-electron chi connectivity index (χ1n) is 7.79. The molecule has 3 amide bonds. The Bertz CT molecular complexity index is 516. The van der Waals surface area contributed by atoms with Crippen molar-refractivity contribution in [2.75, 3.05) is 27.2 Å². The Morgan fingerprint density at radius 1 is 1.32 bits per heavy atom. The second-order valence-corrected chi connectivity index (χ2v) is 6.27. The van der Waals surface area contributed by atoms with E-state index < -0.39 is 0 Å². The highest BCUT2D eigenvalue weighted by atomic mass is 16.2. The molecule has 1 saturated heterocycles. The third kappa shape index (κ3) is 4.51. The molecule has 0 saturated carbocycles. The maximum atomic E-state index is 12.1. The first kappa shape index (κ1) is 16.4. The molecule has 1 aromatic rings. The summed E-state index contributed by atoms with van der Waals surface area (Å²) in [6.45, 7) is 2.01. The molecule has 1 N–H and O–H groups in total. The van der Waals surface area contributed by atoms with Gasteiger partial charge in [0.1, 0.15) is 0 Å². The Labute approximate surface area is 132 Å². The van der Waals surface area contributed by atoms with Crippen LogP contribution in [0.4, 0.5) is 4.79 Å². The zero-order valence-corrected chi connectivity index (χ0v) is 13.7. The van der Waals surface area contributed by atoms with Crippen LogP contribution in [0, 0.1) is 5.92 Å². The number of aromatic nitrogens is 1. The van der Waals surface area contributed by atoms with Gasteiger partial charge in [-0.2, -0.15) is 0 Å². The van der Waals surface area contributed by atoms with Crippen LogP contribution in [0.2, 0.25) is 0 Å². The van der Waals surface area contributed by atoms with E-state index in [0.717, 1.165) is 31.5 Å². The Kier molecular flexibility index (Phi) is 5.46. The van der Waals surface area contributed by atoms with E-state index in [-0.39, 0.29) is 11.9 Å². The molecule has 0 bridgehead atoms. The van der Waals surface area contributed by atoms with Crippen molar-refractivity contribution in [2.45, 2.75) is 25.8 Å². The number of amides is 3. The molecule has 1 aliphatic rings. The van der Waals surface area contributed by atoms with Crippen molar-refractivity contribution in [1.82, 2.24) is 19.7 Å². The minimum absolute atomic E-state index is 0.0127. The van der Waals surface area contributed by atoms with Crippen LogP contribution in [-0.2, 0) is 18.4 Å². The first-order chi connectivity index (χ1) is 10.5. The summed E-state index contributed by atoms with van der Waals surface area (Å²) in [5.41, 5.74) is 1.10. The van der Waals surface area contributed by atoms with Crippen molar-refractivity contribution in [1.29, 1.82) is 0 Å². The van der Waals surface area contributed by atoms with Gasteiger partial charge in [-0.1, -0.05) is 0 Å². The Hall–Kier alpha value is -1.98. The summed E-state index contributed by atoms with van der Waals surface area (Å²) in [6.07, 6.45) is 6.36. The van der Waals surface area contributed by atoms with Crippen molar-refractivity contribution in [3.05, 3.63) is 24.0 Å². The summed E-state index contributed by atoms with van der Waals surface area (Å²) in [5, 5.41) is 2.95. The van der Waals surface area contributed by atoms with Crippen molar-refractivity contribution < 1.29 is 9.59 Å². The number of hydrogen-bond acceptors (Lipinski definition) is 2. The lowest BCUT2D eigenvalue weighted by Gasteiger charge is -2.32. The fraction of sp³-hybridized carbons (Fsp3) is 0.625. The SMILES string of the molecule is CN(C)C(=O)CC1CCN(C(=O)NCc2ccn(C)c2)CC1. The smallest absolute Gasteiger partial charge is 0.317 e. The first-order valence-corrected chi connectivity index (χ1v) is 7.79. The molecule has 0 unspecified atom stereocenters. The van der Waals surface area contributed by atoms with E-state index in [2.05, 4.69) is 5.32 Å². The maximum absolute atomic E-state index is 12.1. The molecule has 0 aliphatic carbocycles. The normalized spacial score (nSPS) is 15.7. The molecule has 2 rings (SSSR count). The zero-order chi connectivity index (χ0) is 16.1. The van der Waals surface area contributed by atoms with E-state index >= 15 is 0 Å². The van der Waals surface area contributed by atoms with Crippen LogP contribution < -0.4 is 5.32 Å². The van der Waals surface area contributed by atoms with E-state index in [1.807, 2.05) is 35.0 Å². The quantitative estimate of drug-likeness (QED) is 0.915. The van der Waals surface area contributed by atoms with Crippen molar-refractivity contribution >= 4 is 11.9 Å². The Morgan fingerprint density at radius 2 is 2.00 bits per heavy atom. The van der Waals surface area contributed by atoms with Crippen LogP contribution >= 0.6 is 0 Å². The average Bonchev–Trinajstić information content (AvgIpc) is 2.91. The highest BCUT2D eigenvalue weighted by Gasteiger charge is 2.24. The number of nitrogens with one attached hydrogen (secondary N) is 1. The van der Waals surface area contributed by atoms with Gasteiger partial charge >= 0.3 is 6.03 Å². The summed E-state index contributed by atoms with van der Waals surface area (Å²) in [7, 11) is 5.54. The fourth-order valence-corrected chi connectivity index (χ4v) is 2.72. The number of urea groups is 1. The summed E-state index contributed by atoms with van der Waals surface area (Å²) in [6, 6.07) is 1.99. The van der Waals surface area contributed by atoms with Gasteiger partial charge in [-0.3, -0.25) is 4.79 Å². The van der Waals surface area contributed by atoms with Gasteiger partial charge in [0.05, 0.1) is 0 Å². The van der Waals surface area contributed by atoms with Crippen LogP contribution in [0.3, 0.4) is 0 Å². The minimum Gasteiger partial charge on any atom is -0.357 e. The standard InChI is InChI=1S/C16H26N4O2/c1-18(2)15(21)10-13-5-8-20(9-6-13)16(22)17-11-14-4-7-19(3)12-14/h4,7,12-13H,5-6,8-11H2,1-3H3,(H,17,22). The van der Waals surface area contributed by atoms with Crippen molar-refractivity contribution in [3.8, 4) is 0 Å². The molecular weight excluding hydrogens is 280 g/mol. The molecule has 0 spiro atoms. The Morgan fingerprint density at radius 3 is 2.55 bits per heavy atom. The van der Waals surface area contributed by atoms with Gasteiger partial charge in [-0.05, 0) is 30.4 Å². The van der Waals surface area contributed by atoms with Gasteiger partial charge in [0, 0.05) is 59.6 Å². The summed E-state index contributed by atoms with van der Waals surface area (Å²) in [5.74, 6) is 0.569. The Balaban J connectivity index is 1.71. The number of nitrogens with zero attached hydrogens (tertiary/aromatic N) is 3. The zero-order valence-electron chi connectivity index (χ0n) is 13.7. The molecule has 6 heteroatoms. The third-order valence-corrected chi connectivity index (χ3v) is 4.20. The molecule has 122 valence electrons. The largest absolute Gasteiger partial charge is 0.357 e. The van der Waals surface area contributed by atoms with Crippen LogP contribution in [0.5, 0.6) is 0 Å². The van der Waals surface area contributed by atoms with Gasteiger partial charge < -0.3 is 19.7 Å². The molecular formula is C16H26N4O2. The predicted molar refractivity (Wildman–Crippen MR) is 85.3 cm³/mol. The second kappa shape index (κ2) is 7.33. The van der Waals surface area contributed by atoms with Gasteiger partial charge in [0.2, 0.25) is 5.91 Å². The minimum atomic E-state index is -0.0127. The maximum Gasteiger partial charge on any atom is 0.317 e. The van der Waals surface area contributed by atoms with E-state index in [9.17, 15) is 9.59 Å². The van der Waals surface area contributed by atoms with Crippen LogP contribution in [0.15, 0.2) is 18.5 Å². The van der Waals surface area contributed by atoms with Crippen LogP contribution in [-0.4, -0.2) is 53.5 Å². The van der Waals surface area contributed by atoms with Crippen LogP contribution in [0.25, 0.3) is 0 Å². The van der Waals surface area contributed by atoms with Gasteiger partial charge in [-0.15, -0.1) is 0 Å². The molecule has 6 nitrogen and oxygen atoms in total. The highest BCUT2D eigenvalue weighted by molar-refractivity contribution is 5.76. The fourth-order valence-electron chi connectivity index (χ4n) is 2.72. The summed E-state index contributed by atoms with van der Waals surface area (Å²) < 4.78 is 1.97. The average molecular weight is 306 g/mol. The number of hydrogen-bond donors (Lipinski definition) is 1. The number of rotatable bonds is 4. The summed E-state index contributed by atoms with van der Waals surface area (Å²) >= 11 is 0. The number of aryl methyl sites for hydroxylation is 1. The molecule has 0 atom stereocenters. The van der Waals surface area contributed by atoms with Crippen molar-refractivity contribution in [3.63, 3.8) is 0 Å². The number of likely N-dealkylation sites (tertiary alicyclic amines) is 1. The molecule has 0 radical (unpaired) electrons. The highest BCUT2D eigenvalue weighted by Crippen LogP contribution is 2.21. The molecule has 0 aromatic carbocycles. The monoisotopic (exact) mass is 306 g/mol. The topological polar surface area (TPSA) is 57.6 Å². The number of piperidine rings is 1. The molecule has 2 heterocycles. The lowest BCUT2D eigenvalue weighted by Crippen LogP contribution is -2.44. The second-order valence-electron chi connectivity index (χ2n) is 6.27. The van der Waals surface area contributed by atoms with Gasteiger partial charge in [-0.25, -0.2) is 4.79 Å². The molecule has 22 heavy (non-hydrogen) atoms. The van der Waals surface area contributed by atoms with Gasteiger partial charge in [0.15, 0.2) is 0 Å². The predicted octanol–water partition coefficient (Wildman–Crippen LogP) is 1.42. The number of carbonyl (C=O) groups is 2. The number of carbonyl (C=O) groups excluding carboxylic acids is 2. The molecule has 1 fully saturated rings. The molecule has 1 aliphatic heterocycles. The lowest BCUT2D eigenvalue weighted by atomic mass is 9.93. The van der Waals surface area contributed by atoms with E-state index in [0.29, 0.717) is 18.9 Å².